The van der Waals surface area contributed by atoms with Gasteiger partial charge in [-0.25, -0.2) is 0 Å². The maximum absolute atomic E-state index is 11.5. The highest BCUT2D eigenvalue weighted by Gasteiger charge is 2.18. The summed E-state index contributed by atoms with van der Waals surface area (Å²) in [7, 11) is 0. The van der Waals surface area contributed by atoms with E-state index in [0.29, 0.717) is 11.6 Å². The zero-order valence-electron chi connectivity index (χ0n) is 8.68. The van der Waals surface area contributed by atoms with Crippen molar-refractivity contribution in [3.63, 3.8) is 0 Å². The number of aryl methyl sites for hydroxylation is 1. The molecule has 15 heavy (non-hydrogen) atoms. The van der Waals surface area contributed by atoms with Crippen LogP contribution in [0.5, 0.6) is 0 Å². The first kappa shape index (κ1) is 12.3. The van der Waals surface area contributed by atoms with Crippen LogP contribution < -0.4 is 5.32 Å². The molecule has 0 bridgehead atoms. The van der Waals surface area contributed by atoms with Crippen LogP contribution in [-0.4, -0.2) is 12.5 Å². The average molecular weight is 246 g/mol. The van der Waals surface area contributed by atoms with E-state index in [1.165, 1.54) is 0 Å². The Kier molecular flexibility index (Phi) is 4.43. The first-order valence-corrected chi connectivity index (χ1v) is 5.55. The second-order valence-electron chi connectivity index (χ2n) is 3.26. The van der Waals surface area contributed by atoms with Crippen LogP contribution in [0.25, 0.3) is 0 Å². The summed E-state index contributed by atoms with van der Waals surface area (Å²) in [4.78, 5) is 11.5. The number of nitrogens with one attached hydrogen (secondary N) is 1. The standard InChI is InChI=1S/C11H13Cl2NO/c1-3-14-11(15)10(13)9-5-4-8(12)6-7(9)2/h4-6,10H,3H2,1-2H3,(H,14,15). The van der Waals surface area contributed by atoms with E-state index < -0.39 is 5.38 Å². The maximum atomic E-state index is 11.5. The van der Waals surface area contributed by atoms with Crippen molar-refractivity contribution in [3.8, 4) is 0 Å². The number of hydrogen-bond donors (Lipinski definition) is 1. The van der Waals surface area contributed by atoms with E-state index in [1.807, 2.05) is 13.8 Å². The lowest BCUT2D eigenvalue weighted by Gasteiger charge is -2.12. The van der Waals surface area contributed by atoms with E-state index in [2.05, 4.69) is 5.32 Å². The zero-order chi connectivity index (χ0) is 11.4. The molecule has 0 radical (unpaired) electrons. The molecule has 0 heterocycles. The van der Waals surface area contributed by atoms with Crippen molar-refractivity contribution in [2.24, 2.45) is 0 Å². The van der Waals surface area contributed by atoms with Gasteiger partial charge in [0.15, 0.2) is 0 Å². The lowest BCUT2D eigenvalue weighted by Crippen LogP contribution is -2.26. The normalized spacial score (nSPS) is 12.3. The fourth-order valence-electron chi connectivity index (χ4n) is 1.33. The first-order chi connectivity index (χ1) is 7.06. The number of hydrogen-bond acceptors (Lipinski definition) is 1. The van der Waals surface area contributed by atoms with E-state index >= 15 is 0 Å². The summed E-state index contributed by atoms with van der Waals surface area (Å²) in [5.41, 5.74) is 1.72. The van der Waals surface area contributed by atoms with Gasteiger partial charge in [-0.3, -0.25) is 4.79 Å². The predicted molar refractivity (Wildman–Crippen MR) is 63.5 cm³/mol. The van der Waals surface area contributed by atoms with Crippen molar-refractivity contribution < 1.29 is 4.79 Å². The SMILES string of the molecule is CCNC(=O)C(Cl)c1ccc(Cl)cc1C. The lowest BCUT2D eigenvalue weighted by atomic mass is 10.1. The van der Waals surface area contributed by atoms with Gasteiger partial charge in [0.2, 0.25) is 5.91 Å². The fourth-order valence-corrected chi connectivity index (χ4v) is 1.88. The van der Waals surface area contributed by atoms with Crippen molar-refractivity contribution in [1.82, 2.24) is 5.32 Å². The molecule has 0 aromatic heterocycles. The van der Waals surface area contributed by atoms with Crippen LogP contribution >= 0.6 is 23.2 Å². The first-order valence-electron chi connectivity index (χ1n) is 4.74. The van der Waals surface area contributed by atoms with Crippen LogP contribution in [0, 0.1) is 6.92 Å². The fraction of sp³-hybridized carbons (Fsp3) is 0.364. The number of amides is 1. The van der Waals surface area contributed by atoms with Gasteiger partial charge in [0.1, 0.15) is 5.38 Å². The van der Waals surface area contributed by atoms with E-state index in [-0.39, 0.29) is 5.91 Å². The molecule has 0 saturated heterocycles. The van der Waals surface area contributed by atoms with Crippen molar-refractivity contribution in [1.29, 1.82) is 0 Å². The third-order valence-corrected chi connectivity index (χ3v) is 2.75. The average Bonchev–Trinajstić information content (AvgIpc) is 2.17. The van der Waals surface area contributed by atoms with Crippen LogP contribution in [0.4, 0.5) is 0 Å². The minimum absolute atomic E-state index is 0.176. The Morgan fingerprint density at radius 1 is 1.53 bits per heavy atom. The number of halogens is 2. The molecule has 0 saturated carbocycles. The van der Waals surface area contributed by atoms with E-state index in [9.17, 15) is 4.79 Å². The largest absolute Gasteiger partial charge is 0.355 e. The third kappa shape index (κ3) is 3.11. The molecule has 1 N–H and O–H groups in total. The molecule has 0 aliphatic carbocycles. The topological polar surface area (TPSA) is 29.1 Å². The highest BCUT2D eigenvalue weighted by molar-refractivity contribution is 6.32. The summed E-state index contributed by atoms with van der Waals surface area (Å²) < 4.78 is 0. The smallest absolute Gasteiger partial charge is 0.242 e. The van der Waals surface area contributed by atoms with Gasteiger partial charge >= 0.3 is 0 Å². The van der Waals surface area contributed by atoms with E-state index in [1.54, 1.807) is 18.2 Å². The minimum Gasteiger partial charge on any atom is -0.355 e. The van der Waals surface area contributed by atoms with Crippen LogP contribution in [0.1, 0.15) is 23.4 Å². The Labute approximate surface area is 99.6 Å². The van der Waals surface area contributed by atoms with Crippen molar-refractivity contribution in [3.05, 3.63) is 34.3 Å². The number of carbonyl (C=O) groups excluding carboxylic acids is 1. The van der Waals surface area contributed by atoms with Gasteiger partial charge < -0.3 is 5.32 Å². The molecule has 1 aromatic rings. The zero-order valence-corrected chi connectivity index (χ0v) is 10.2. The van der Waals surface area contributed by atoms with Gasteiger partial charge in [-0.1, -0.05) is 17.7 Å². The molecular formula is C11H13Cl2NO. The number of benzene rings is 1. The molecule has 1 unspecified atom stereocenters. The maximum Gasteiger partial charge on any atom is 0.242 e. The van der Waals surface area contributed by atoms with E-state index in [0.717, 1.165) is 11.1 Å². The predicted octanol–water partition coefficient (Wildman–Crippen LogP) is 3.06. The Bertz CT molecular complexity index is 366. The molecule has 1 amide bonds. The van der Waals surface area contributed by atoms with Crippen molar-refractivity contribution >= 4 is 29.1 Å². The molecular weight excluding hydrogens is 233 g/mol. The molecule has 4 heteroatoms. The summed E-state index contributed by atoms with van der Waals surface area (Å²) in [5.74, 6) is -0.176. The lowest BCUT2D eigenvalue weighted by molar-refractivity contribution is -0.120. The molecule has 1 rings (SSSR count). The van der Waals surface area contributed by atoms with Crippen LogP contribution in [-0.2, 0) is 4.79 Å². The molecule has 0 spiro atoms. The van der Waals surface area contributed by atoms with Crippen molar-refractivity contribution in [2.45, 2.75) is 19.2 Å². The summed E-state index contributed by atoms with van der Waals surface area (Å²) in [6.45, 7) is 4.32. The second-order valence-corrected chi connectivity index (χ2v) is 4.13. The molecule has 0 aliphatic heterocycles. The van der Waals surface area contributed by atoms with Gasteiger partial charge in [-0.05, 0) is 37.1 Å². The van der Waals surface area contributed by atoms with Gasteiger partial charge in [-0.15, -0.1) is 11.6 Å². The molecule has 0 aliphatic rings. The summed E-state index contributed by atoms with van der Waals surface area (Å²) in [6.07, 6.45) is 0. The van der Waals surface area contributed by atoms with Gasteiger partial charge in [0.05, 0.1) is 0 Å². The molecule has 1 atom stereocenters. The number of carbonyl (C=O) groups is 1. The number of rotatable bonds is 3. The highest BCUT2D eigenvalue weighted by atomic mass is 35.5. The monoisotopic (exact) mass is 245 g/mol. The van der Waals surface area contributed by atoms with Gasteiger partial charge in [-0.2, -0.15) is 0 Å². The van der Waals surface area contributed by atoms with Gasteiger partial charge in [0.25, 0.3) is 0 Å². The molecule has 1 aromatic carbocycles. The molecule has 0 fully saturated rings. The number of likely N-dealkylation sites (N-methyl/N-ethyl adjacent to an activating group) is 1. The summed E-state index contributed by atoms with van der Waals surface area (Å²) in [6, 6.07) is 5.31. The Hall–Kier alpha value is -0.730. The van der Waals surface area contributed by atoms with Crippen molar-refractivity contribution in [2.75, 3.05) is 6.54 Å². The minimum atomic E-state index is -0.651. The van der Waals surface area contributed by atoms with E-state index in [4.69, 9.17) is 23.2 Å². The Morgan fingerprint density at radius 2 is 2.20 bits per heavy atom. The molecule has 82 valence electrons. The van der Waals surface area contributed by atoms with Crippen LogP contribution in [0.15, 0.2) is 18.2 Å². The highest BCUT2D eigenvalue weighted by Crippen LogP contribution is 2.26. The second kappa shape index (κ2) is 5.38. The summed E-state index contributed by atoms with van der Waals surface area (Å²) in [5, 5.41) is 2.68. The van der Waals surface area contributed by atoms with Gasteiger partial charge in [0, 0.05) is 11.6 Å². The van der Waals surface area contributed by atoms with Crippen LogP contribution in [0.3, 0.4) is 0 Å². The third-order valence-electron chi connectivity index (χ3n) is 2.09. The van der Waals surface area contributed by atoms with Crippen LogP contribution in [0.2, 0.25) is 5.02 Å². The Balaban J connectivity index is 2.91. The summed E-state index contributed by atoms with van der Waals surface area (Å²) >= 11 is 11.9. The quantitative estimate of drug-likeness (QED) is 0.816. The molecule has 2 nitrogen and oxygen atoms in total. The Morgan fingerprint density at radius 3 is 2.73 bits per heavy atom. The number of alkyl halides is 1.